The van der Waals surface area contributed by atoms with Crippen molar-refractivity contribution in [1.82, 2.24) is 0 Å². The molecule has 2 aromatic carbocycles. The van der Waals surface area contributed by atoms with Crippen LogP contribution in [0.3, 0.4) is 0 Å². The van der Waals surface area contributed by atoms with Gasteiger partial charge in [0.05, 0.1) is 20.3 Å². The molecule has 0 aromatic heterocycles. The highest BCUT2D eigenvalue weighted by atomic mass is 16.5. The van der Waals surface area contributed by atoms with Gasteiger partial charge in [-0.3, -0.25) is 4.79 Å². The van der Waals surface area contributed by atoms with E-state index >= 15 is 0 Å². The molecule has 1 N–H and O–H groups in total. The second-order valence-electron chi connectivity index (χ2n) is 5.60. The first-order valence-corrected chi connectivity index (χ1v) is 8.11. The number of amides is 1. The fraction of sp³-hybridized carbons (Fsp3) is 0.300. The number of nitrogens with zero attached hydrogens (tertiary/aromatic N) is 1. The van der Waals surface area contributed by atoms with Gasteiger partial charge in [0.2, 0.25) is 5.91 Å². The molecule has 5 heteroatoms. The smallest absolute Gasteiger partial charge is 0.242 e. The summed E-state index contributed by atoms with van der Waals surface area (Å²) in [5.74, 6) is 0.118. The molecule has 0 spiro atoms. The fourth-order valence-electron chi connectivity index (χ4n) is 2.51. The average molecular weight is 338 g/mol. The maximum absolute atomic E-state index is 12.5. The molecule has 0 aliphatic rings. The minimum atomic E-state index is -0.827. The molecule has 0 saturated carbocycles. The van der Waals surface area contributed by atoms with Gasteiger partial charge in [0.25, 0.3) is 0 Å². The standard InChI is InChI=1S/C20H22N2O3/c1-4-14-5-7-17(8-6-14)22-20(23)16(13-21)11-15-12-18(24-2)9-10-19(15)25-3/h5-10,12,16H,4,11H2,1-3H3,(H,22,23). The Morgan fingerprint density at radius 3 is 2.44 bits per heavy atom. The normalized spacial score (nSPS) is 11.3. The van der Waals surface area contributed by atoms with E-state index in [2.05, 4.69) is 18.3 Å². The molecule has 1 unspecified atom stereocenters. The molecule has 0 aliphatic carbocycles. The van der Waals surface area contributed by atoms with Crippen LogP contribution >= 0.6 is 0 Å². The van der Waals surface area contributed by atoms with Crippen LogP contribution in [0.4, 0.5) is 5.69 Å². The molecule has 0 saturated heterocycles. The number of nitriles is 1. The Bertz CT molecular complexity index is 764. The third kappa shape index (κ3) is 4.74. The maximum Gasteiger partial charge on any atom is 0.242 e. The summed E-state index contributed by atoms with van der Waals surface area (Å²) in [5, 5.41) is 12.2. The van der Waals surface area contributed by atoms with Crippen molar-refractivity contribution >= 4 is 11.6 Å². The summed E-state index contributed by atoms with van der Waals surface area (Å²) < 4.78 is 10.5. The van der Waals surface area contributed by atoms with Gasteiger partial charge in [0.15, 0.2) is 0 Å². The largest absolute Gasteiger partial charge is 0.497 e. The highest BCUT2D eigenvalue weighted by Crippen LogP contribution is 2.26. The van der Waals surface area contributed by atoms with Gasteiger partial charge in [-0.1, -0.05) is 19.1 Å². The van der Waals surface area contributed by atoms with Gasteiger partial charge in [-0.15, -0.1) is 0 Å². The molecule has 0 fully saturated rings. The monoisotopic (exact) mass is 338 g/mol. The lowest BCUT2D eigenvalue weighted by Crippen LogP contribution is -2.23. The molecule has 2 aromatic rings. The van der Waals surface area contributed by atoms with Crippen LogP contribution in [0.2, 0.25) is 0 Å². The molecular weight excluding hydrogens is 316 g/mol. The number of methoxy groups -OCH3 is 2. The molecule has 1 atom stereocenters. The number of hydrogen-bond donors (Lipinski definition) is 1. The highest BCUT2D eigenvalue weighted by Gasteiger charge is 2.21. The van der Waals surface area contributed by atoms with Crippen LogP contribution in [0.1, 0.15) is 18.1 Å². The van der Waals surface area contributed by atoms with Gasteiger partial charge >= 0.3 is 0 Å². The molecule has 5 nitrogen and oxygen atoms in total. The first-order valence-electron chi connectivity index (χ1n) is 8.11. The number of carbonyl (C=O) groups is 1. The summed E-state index contributed by atoms with van der Waals surface area (Å²) in [5.41, 5.74) is 2.63. The first kappa shape index (κ1) is 18.3. The van der Waals surface area contributed by atoms with E-state index in [1.165, 1.54) is 5.56 Å². The zero-order valence-electron chi connectivity index (χ0n) is 14.7. The Balaban J connectivity index is 2.13. The number of nitrogens with one attached hydrogen (secondary N) is 1. The first-order chi connectivity index (χ1) is 12.1. The summed E-state index contributed by atoms with van der Waals surface area (Å²) in [6.45, 7) is 2.07. The minimum Gasteiger partial charge on any atom is -0.497 e. The molecule has 0 heterocycles. The maximum atomic E-state index is 12.5. The third-order valence-electron chi connectivity index (χ3n) is 4.01. The van der Waals surface area contributed by atoms with Crippen LogP contribution in [0.25, 0.3) is 0 Å². The molecule has 0 radical (unpaired) electrons. The number of benzene rings is 2. The number of hydrogen-bond acceptors (Lipinski definition) is 4. The number of aryl methyl sites for hydroxylation is 1. The Morgan fingerprint density at radius 2 is 1.88 bits per heavy atom. The van der Waals surface area contributed by atoms with Crippen LogP contribution in [-0.2, 0) is 17.6 Å². The lowest BCUT2D eigenvalue weighted by atomic mass is 9.98. The number of rotatable bonds is 7. The lowest BCUT2D eigenvalue weighted by molar-refractivity contribution is -0.118. The van der Waals surface area contributed by atoms with Crippen molar-refractivity contribution in [1.29, 1.82) is 5.26 Å². The number of carbonyl (C=O) groups excluding carboxylic acids is 1. The van der Waals surface area contributed by atoms with E-state index in [0.29, 0.717) is 17.2 Å². The van der Waals surface area contributed by atoms with Crippen molar-refractivity contribution in [3.63, 3.8) is 0 Å². The molecule has 0 aliphatic heterocycles. The predicted molar refractivity (Wildman–Crippen MR) is 96.8 cm³/mol. The Kier molecular flexibility index (Phi) is 6.41. The topological polar surface area (TPSA) is 71.4 Å². The average Bonchev–Trinajstić information content (AvgIpc) is 2.66. The van der Waals surface area contributed by atoms with Crippen molar-refractivity contribution in [2.75, 3.05) is 19.5 Å². The number of anilines is 1. The quantitative estimate of drug-likeness (QED) is 0.837. The summed E-state index contributed by atoms with van der Waals surface area (Å²) in [6, 6.07) is 15.0. The van der Waals surface area contributed by atoms with Crippen molar-refractivity contribution in [2.24, 2.45) is 5.92 Å². The van der Waals surface area contributed by atoms with Crippen molar-refractivity contribution in [2.45, 2.75) is 19.8 Å². The molecule has 1 amide bonds. The van der Waals surface area contributed by atoms with Gasteiger partial charge in [0.1, 0.15) is 17.4 Å². The van der Waals surface area contributed by atoms with Crippen LogP contribution in [0, 0.1) is 17.2 Å². The van der Waals surface area contributed by atoms with Crippen LogP contribution < -0.4 is 14.8 Å². The van der Waals surface area contributed by atoms with Crippen LogP contribution in [0.15, 0.2) is 42.5 Å². The van der Waals surface area contributed by atoms with Gasteiger partial charge < -0.3 is 14.8 Å². The van der Waals surface area contributed by atoms with Gasteiger partial charge in [-0.05, 0) is 47.9 Å². The fourth-order valence-corrected chi connectivity index (χ4v) is 2.51. The Morgan fingerprint density at radius 1 is 1.16 bits per heavy atom. The van der Waals surface area contributed by atoms with Crippen LogP contribution in [-0.4, -0.2) is 20.1 Å². The second kappa shape index (κ2) is 8.74. The van der Waals surface area contributed by atoms with E-state index in [0.717, 1.165) is 12.0 Å². The van der Waals surface area contributed by atoms with E-state index in [4.69, 9.17) is 9.47 Å². The second-order valence-corrected chi connectivity index (χ2v) is 5.60. The third-order valence-corrected chi connectivity index (χ3v) is 4.01. The Labute approximate surface area is 148 Å². The zero-order valence-corrected chi connectivity index (χ0v) is 14.7. The molecule has 25 heavy (non-hydrogen) atoms. The Hall–Kier alpha value is -3.00. The van der Waals surface area contributed by atoms with Gasteiger partial charge in [-0.25, -0.2) is 0 Å². The summed E-state index contributed by atoms with van der Waals surface area (Å²) in [4.78, 5) is 12.5. The van der Waals surface area contributed by atoms with E-state index < -0.39 is 5.92 Å². The lowest BCUT2D eigenvalue weighted by Gasteiger charge is -2.14. The zero-order chi connectivity index (χ0) is 18.2. The highest BCUT2D eigenvalue weighted by molar-refractivity contribution is 5.94. The van der Waals surface area contributed by atoms with Crippen LogP contribution in [0.5, 0.6) is 11.5 Å². The predicted octanol–water partition coefficient (Wildman–Crippen LogP) is 3.59. The van der Waals surface area contributed by atoms with E-state index in [9.17, 15) is 10.1 Å². The summed E-state index contributed by atoms with van der Waals surface area (Å²) in [7, 11) is 3.13. The van der Waals surface area contributed by atoms with Crippen molar-refractivity contribution < 1.29 is 14.3 Å². The minimum absolute atomic E-state index is 0.246. The van der Waals surface area contributed by atoms with Gasteiger partial charge in [-0.2, -0.15) is 5.26 Å². The van der Waals surface area contributed by atoms with Crippen molar-refractivity contribution in [3.05, 3.63) is 53.6 Å². The molecular formula is C20H22N2O3. The van der Waals surface area contributed by atoms with E-state index in [1.807, 2.05) is 24.3 Å². The number of ether oxygens (including phenoxy) is 2. The molecule has 2 rings (SSSR count). The van der Waals surface area contributed by atoms with E-state index in [-0.39, 0.29) is 12.3 Å². The molecule has 0 bridgehead atoms. The van der Waals surface area contributed by atoms with E-state index in [1.54, 1.807) is 32.4 Å². The SMILES string of the molecule is CCc1ccc(NC(=O)C(C#N)Cc2cc(OC)ccc2OC)cc1. The van der Waals surface area contributed by atoms with Crippen molar-refractivity contribution in [3.8, 4) is 17.6 Å². The summed E-state index contributed by atoms with van der Waals surface area (Å²) in [6.07, 6.45) is 1.18. The van der Waals surface area contributed by atoms with Gasteiger partial charge in [0, 0.05) is 12.1 Å². The molecule has 130 valence electrons. The summed E-state index contributed by atoms with van der Waals surface area (Å²) >= 11 is 0.